The molecule has 0 saturated carbocycles. The van der Waals surface area contributed by atoms with E-state index in [1.807, 2.05) is 6.08 Å². The third kappa shape index (κ3) is 2.87. The van der Waals surface area contributed by atoms with Crippen molar-refractivity contribution < 1.29 is 0 Å². The molecular weight excluding hydrogens is 192 g/mol. The second-order valence-electron chi connectivity index (χ2n) is 6.86. The van der Waals surface area contributed by atoms with E-state index in [2.05, 4.69) is 54.2 Å². The lowest BCUT2D eigenvalue weighted by Gasteiger charge is -2.21. The zero-order valence-corrected chi connectivity index (χ0v) is 11.8. The Bertz CT molecular complexity index is 337. The lowest BCUT2D eigenvalue weighted by molar-refractivity contribution is 0.493. The molecule has 0 atom stereocenters. The fourth-order valence-corrected chi connectivity index (χ4v) is 2.24. The third-order valence-electron chi connectivity index (χ3n) is 3.27. The lowest BCUT2D eigenvalue weighted by Crippen LogP contribution is -2.09. The molecule has 0 unspecified atom stereocenters. The van der Waals surface area contributed by atoms with Crippen LogP contribution in [0.5, 0.6) is 0 Å². The van der Waals surface area contributed by atoms with Crippen molar-refractivity contribution in [2.24, 2.45) is 10.8 Å². The topological polar surface area (TPSA) is 0 Å². The minimum absolute atomic E-state index is 0.255. The average Bonchev–Trinajstić information content (AvgIpc) is 2.46. The van der Waals surface area contributed by atoms with E-state index in [4.69, 9.17) is 0 Å². The maximum atomic E-state index is 3.87. The summed E-state index contributed by atoms with van der Waals surface area (Å²) in [7, 11) is 0. The SMILES string of the molecule is C=CCC1=C(C(C)(C)C)C=C(C(C)(C)C)C1. The highest BCUT2D eigenvalue weighted by Crippen LogP contribution is 2.44. The number of hydrogen-bond donors (Lipinski definition) is 0. The summed E-state index contributed by atoms with van der Waals surface area (Å²) < 4.78 is 0. The summed E-state index contributed by atoms with van der Waals surface area (Å²) in [5, 5.41) is 0. The number of hydrogen-bond acceptors (Lipinski definition) is 0. The van der Waals surface area contributed by atoms with E-state index in [1.165, 1.54) is 5.57 Å². The molecule has 1 rings (SSSR count). The van der Waals surface area contributed by atoms with Gasteiger partial charge in [-0.3, -0.25) is 0 Å². The summed E-state index contributed by atoms with van der Waals surface area (Å²) in [6.45, 7) is 17.7. The van der Waals surface area contributed by atoms with Crippen LogP contribution in [-0.2, 0) is 0 Å². The van der Waals surface area contributed by atoms with Gasteiger partial charge in [0.1, 0.15) is 0 Å². The van der Waals surface area contributed by atoms with Crippen LogP contribution in [0.2, 0.25) is 0 Å². The fourth-order valence-electron chi connectivity index (χ4n) is 2.24. The van der Waals surface area contributed by atoms with Crippen LogP contribution in [0.1, 0.15) is 54.4 Å². The van der Waals surface area contributed by atoms with Gasteiger partial charge in [0.2, 0.25) is 0 Å². The lowest BCUT2D eigenvalue weighted by atomic mass is 9.83. The third-order valence-corrected chi connectivity index (χ3v) is 3.27. The van der Waals surface area contributed by atoms with Gasteiger partial charge in [0, 0.05) is 0 Å². The molecule has 1 aliphatic carbocycles. The highest BCUT2D eigenvalue weighted by Gasteiger charge is 2.28. The van der Waals surface area contributed by atoms with E-state index in [0.29, 0.717) is 5.41 Å². The first-order valence-electron chi connectivity index (χ1n) is 6.20. The van der Waals surface area contributed by atoms with Crippen molar-refractivity contribution in [3.8, 4) is 0 Å². The van der Waals surface area contributed by atoms with Crippen LogP contribution < -0.4 is 0 Å². The van der Waals surface area contributed by atoms with Crippen molar-refractivity contribution in [1.82, 2.24) is 0 Å². The van der Waals surface area contributed by atoms with Crippen molar-refractivity contribution in [2.75, 3.05) is 0 Å². The Labute approximate surface area is 101 Å². The molecule has 0 heterocycles. The summed E-state index contributed by atoms with van der Waals surface area (Å²) in [5.41, 5.74) is 5.20. The predicted molar refractivity (Wildman–Crippen MR) is 73.5 cm³/mol. The Morgan fingerprint density at radius 2 is 1.69 bits per heavy atom. The van der Waals surface area contributed by atoms with Gasteiger partial charge in [-0.15, -0.1) is 6.58 Å². The molecule has 0 aliphatic heterocycles. The molecule has 0 radical (unpaired) electrons. The Balaban J connectivity index is 3.06. The van der Waals surface area contributed by atoms with Gasteiger partial charge in [-0.1, -0.05) is 64.8 Å². The molecule has 0 nitrogen and oxygen atoms in total. The second kappa shape index (κ2) is 4.24. The monoisotopic (exact) mass is 218 g/mol. The molecule has 0 N–H and O–H groups in total. The van der Waals surface area contributed by atoms with Crippen molar-refractivity contribution in [3.05, 3.63) is 35.5 Å². The van der Waals surface area contributed by atoms with Crippen LogP contribution in [0.3, 0.4) is 0 Å². The van der Waals surface area contributed by atoms with Crippen LogP contribution in [0, 0.1) is 10.8 Å². The number of allylic oxidation sites excluding steroid dienone is 5. The van der Waals surface area contributed by atoms with E-state index in [0.717, 1.165) is 12.8 Å². The van der Waals surface area contributed by atoms with E-state index in [9.17, 15) is 0 Å². The molecule has 0 heteroatoms. The molecule has 1 aliphatic rings. The van der Waals surface area contributed by atoms with Crippen LogP contribution in [0.25, 0.3) is 0 Å². The molecule has 16 heavy (non-hydrogen) atoms. The highest BCUT2D eigenvalue weighted by molar-refractivity contribution is 5.44. The minimum Gasteiger partial charge on any atom is -0.103 e. The van der Waals surface area contributed by atoms with Crippen LogP contribution in [0.15, 0.2) is 35.5 Å². The average molecular weight is 218 g/mol. The van der Waals surface area contributed by atoms with E-state index in [1.54, 1.807) is 11.1 Å². The highest BCUT2D eigenvalue weighted by atomic mass is 14.3. The minimum atomic E-state index is 0.255. The summed E-state index contributed by atoms with van der Waals surface area (Å²) in [6, 6.07) is 0. The fraction of sp³-hybridized carbons (Fsp3) is 0.625. The Morgan fingerprint density at radius 1 is 1.12 bits per heavy atom. The molecule has 0 spiro atoms. The van der Waals surface area contributed by atoms with Gasteiger partial charge in [-0.2, -0.15) is 0 Å². The molecule has 0 amide bonds. The van der Waals surface area contributed by atoms with Gasteiger partial charge >= 0.3 is 0 Å². The summed E-state index contributed by atoms with van der Waals surface area (Å²) in [4.78, 5) is 0. The summed E-state index contributed by atoms with van der Waals surface area (Å²) >= 11 is 0. The van der Waals surface area contributed by atoms with Crippen molar-refractivity contribution in [2.45, 2.75) is 54.4 Å². The second-order valence-corrected chi connectivity index (χ2v) is 6.86. The first-order chi connectivity index (χ1) is 7.16. The normalized spacial score (nSPS) is 17.8. The molecule has 90 valence electrons. The van der Waals surface area contributed by atoms with Crippen LogP contribution in [-0.4, -0.2) is 0 Å². The van der Waals surface area contributed by atoms with Gasteiger partial charge in [-0.25, -0.2) is 0 Å². The van der Waals surface area contributed by atoms with Gasteiger partial charge in [0.25, 0.3) is 0 Å². The van der Waals surface area contributed by atoms with Crippen LogP contribution in [0.4, 0.5) is 0 Å². The van der Waals surface area contributed by atoms with Crippen molar-refractivity contribution >= 4 is 0 Å². The van der Waals surface area contributed by atoms with E-state index >= 15 is 0 Å². The summed E-state index contributed by atoms with van der Waals surface area (Å²) in [5.74, 6) is 0. The van der Waals surface area contributed by atoms with Gasteiger partial charge in [0.15, 0.2) is 0 Å². The molecule has 0 aromatic heterocycles. The maximum Gasteiger partial charge on any atom is -0.00908 e. The molecule has 0 fully saturated rings. The first-order valence-corrected chi connectivity index (χ1v) is 6.20. The van der Waals surface area contributed by atoms with E-state index < -0.39 is 0 Å². The predicted octanol–water partition coefficient (Wildman–Crippen LogP) is 5.28. The van der Waals surface area contributed by atoms with Gasteiger partial charge in [-0.05, 0) is 29.2 Å². The zero-order chi connectivity index (χ0) is 12.6. The maximum absolute atomic E-state index is 3.87. The van der Waals surface area contributed by atoms with E-state index in [-0.39, 0.29) is 5.41 Å². The van der Waals surface area contributed by atoms with Crippen molar-refractivity contribution in [3.63, 3.8) is 0 Å². The molecule has 0 saturated heterocycles. The first kappa shape index (κ1) is 13.3. The van der Waals surface area contributed by atoms with Crippen LogP contribution >= 0.6 is 0 Å². The Morgan fingerprint density at radius 3 is 2.06 bits per heavy atom. The largest absolute Gasteiger partial charge is 0.103 e. The molecular formula is C16H26. The smallest absolute Gasteiger partial charge is 0.00908 e. The Hall–Kier alpha value is -0.780. The van der Waals surface area contributed by atoms with Crippen molar-refractivity contribution in [1.29, 1.82) is 0 Å². The molecule has 0 bridgehead atoms. The van der Waals surface area contributed by atoms with Gasteiger partial charge < -0.3 is 0 Å². The zero-order valence-electron chi connectivity index (χ0n) is 11.8. The van der Waals surface area contributed by atoms with Gasteiger partial charge in [0.05, 0.1) is 0 Å². The summed E-state index contributed by atoms with van der Waals surface area (Å²) in [6.07, 6.45) is 6.63. The Kier molecular flexibility index (Phi) is 3.52. The number of rotatable bonds is 2. The molecule has 0 aromatic rings. The molecule has 0 aromatic carbocycles. The standard InChI is InChI=1S/C16H26/c1-8-9-12-10-13(15(2,3)4)11-14(12)16(5,6)7/h8,11H,1,9-10H2,2-7H3. The quantitative estimate of drug-likeness (QED) is 0.553.